The van der Waals surface area contributed by atoms with Crippen molar-refractivity contribution in [2.75, 3.05) is 13.7 Å². The number of furan rings is 1. The lowest BCUT2D eigenvalue weighted by atomic mass is 10.1. The monoisotopic (exact) mass is 406 g/mol. The number of rotatable bonds is 8. The quantitative estimate of drug-likeness (QED) is 0.349. The Kier molecular flexibility index (Phi) is 7.00. The summed E-state index contributed by atoms with van der Waals surface area (Å²) in [5.74, 6) is 1.15. The largest absolute Gasteiger partial charge is 0.494 e. The van der Waals surface area contributed by atoms with Crippen LogP contribution >= 0.6 is 0 Å². The SMILES string of the molecule is CCOc1ccc(CC(=O)N/N=C\c2ccc(-c3cccc(C(=O)OC)c3)o2)cc1. The molecule has 1 heterocycles. The van der Waals surface area contributed by atoms with E-state index >= 15 is 0 Å². The van der Waals surface area contributed by atoms with E-state index < -0.39 is 5.97 Å². The van der Waals surface area contributed by atoms with Gasteiger partial charge in [-0.25, -0.2) is 10.2 Å². The summed E-state index contributed by atoms with van der Waals surface area (Å²) in [5, 5.41) is 3.93. The predicted molar refractivity (Wildman–Crippen MR) is 113 cm³/mol. The fourth-order valence-electron chi connectivity index (χ4n) is 2.76. The van der Waals surface area contributed by atoms with Crippen LogP contribution in [0.4, 0.5) is 0 Å². The van der Waals surface area contributed by atoms with Gasteiger partial charge in [-0.3, -0.25) is 4.79 Å². The first-order chi connectivity index (χ1) is 14.6. The van der Waals surface area contributed by atoms with Gasteiger partial charge in [0.15, 0.2) is 0 Å². The van der Waals surface area contributed by atoms with E-state index in [9.17, 15) is 9.59 Å². The van der Waals surface area contributed by atoms with Crippen LogP contribution in [-0.2, 0) is 16.0 Å². The van der Waals surface area contributed by atoms with Crippen molar-refractivity contribution >= 4 is 18.1 Å². The highest BCUT2D eigenvalue weighted by molar-refractivity contribution is 5.90. The minimum atomic E-state index is -0.416. The first kappa shape index (κ1) is 20.9. The fraction of sp³-hybridized carbons (Fsp3) is 0.174. The van der Waals surface area contributed by atoms with Crippen LogP contribution in [0.5, 0.6) is 5.75 Å². The van der Waals surface area contributed by atoms with Crippen LogP contribution in [-0.4, -0.2) is 31.8 Å². The van der Waals surface area contributed by atoms with E-state index in [-0.39, 0.29) is 12.3 Å². The Hall–Kier alpha value is -3.87. The van der Waals surface area contributed by atoms with Crippen molar-refractivity contribution in [1.82, 2.24) is 5.43 Å². The first-order valence-electron chi connectivity index (χ1n) is 9.41. The third kappa shape index (κ3) is 5.57. The molecule has 30 heavy (non-hydrogen) atoms. The van der Waals surface area contributed by atoms with E-state index in [0.717, 1.165) is 16.9 Å². The molecule has 3 rings (SSSR count). The first-order valence-corrected chi connectivity index (χ1v) is 9.41. The molecule has 0 atom stereocenters. The van der Waals surface area contributed by atoms with Gasteiger partial charge in [0, 0.05) is 5.56 Å². The second-order valence-electron chi connectivity index (χ2n) is 6.32. The molecule has 2 aromatic carbocycles. The third-order valence-electron chi connectivity index (χ3n) is 4.18. The van der Waals surface area contributed by atoms with Crippen molar-refractivity contribution in [2.45, 2.75) is 13.3 Å². The molecular formula is C23H22N2O5. The van der Waals surface area contributed by atoms with Crippen molar-refractivity contribution in [3.8, 4) is 17.1 Å². The smallest absolute Gasteiger partial charge is 0.337 e. The number of carbonyl (C=O) groups is 2. The Bertz CT molecular complexity index is 1040. The summed E-state index contributed by atoms with van der Waals surface area (Å²) in [7, 11) is 1.33. The summed E-state index contributed by atoms with van der Waals surface area (Å²) in [6.45, 7) is 2.51. The Balaban J connectivity index is 1.56. The number of carbonyl (C=O) groups excluding carboxylic acids is 2. The van der Waals surface area contributed by atoms with Gasteiger partial charge in [0.05, 0.1) is 31.9 Å². The molecule has 3 aromatic rings. The molecule has 154 valence electrons. The lowest BCUT2D eigenvalue weighted by molar-refractivity contribution is -0.120. The zero-order valence-corrected chi connectivity index (χ0v) is 16.8. The summed E-state index contributed by atoms with van der Waals surface area (Å²) in [5.41, 5.74) is 4.50. The van der Waals surface area contributed by atoms with Gasteiger partial charge in [-0.2, -0.15) is 5.10 Å². The van der Waals surface area contributed by atoms with Gasteiger partial charge in [0.2, 0.25) is 5.91 Å². The molecular weight excluding hydrogens is 384 g/mol. The zero-order valence-electron chi connectivity index (χ0n) is 16.8. The average Bonchev–Trinajstić information content (AvgIpc) is 3.24. The summed E-state index contributed by atoms with van der Waals surface area (Å²) in [4.78, 5) is 23.7. The maximum absolute atomic E-state index is 12.0. The molecule has 7 nitrogen and oxygen atoms in total. The van der Waals surface area contributed by atoms with Crippen LogP contribution < -0.4 is 10.2 Å². The van der Waals surface area contributed by atoms with Gasteiger partial charge in [-0.1, -0.05) is 24.3 Å². The number of hydrazone groups is 1. The maximum Gasteiger partial charge on any atom is 0.337 e. The van der Waals surface area contributed by atoms with E-state index in [4.69, 9.17) is 13.9 Å². The molecule has 1 N–H and O–H groups in total. The third-order valence-corrected chi connectivity index (χ3v) is 4.18. The molecule has 0 bridgehead atoms. The van der Waals surface area contributed by atoms with E-state index in [0.29, 0.717) is 23.7 Å². The highest BCUT2D eigenvalue weighted by atomic mass is 16.5. The van der Waals surface area contributed by atoms with E-state index in [1.165, 1.54) is 13.3 Å². The highest BCUT2D eigenvalue weighted by Crippen LogP contribution is 2.23. The highest BCUT2D eigenvalue weighted by Gasteiger charge is 2.09. The minimum Gasteiger partial charge on any atom is -0.494 e. The van der Waals surface area contributed by atoms with E-state index in [1.807, 2.05) is 37.3 Å². The standard InChI is InChI=1S/C23H22N2O5/c1-3-29-19-9-7-16(8-10-19)13-22(26)25-24-15-20-11-12-21(30-20)17-5-4-6-18(14-17)23(27)28-2/h4-12,14-15H,3,13H2,1-2H3,(H,25,26)/b24-15-. The number of methoxy groups -OCH3 is 1. The van der Waals surface area contributed by atoms with Crippen LogP contribution in [0.25, 0.3) is 11.3 Å². The zero-order chi connectivity index (χ0) is 21.3. The van der Waals surface area contributed by atoms with Gasteiger partial charge in [-0.05, 0) is 48.9 Å². The van der Waals surface area contributed by atoms with Gasteiger partial charge >= 0.3 is 5.97 Å². The molecule has 0 aliphatic heterocycles. The Morgan fingerprint density at radius 1 is 1.10 bits per heavy atom. The summed E-state index contributed by atoms with van der Waals surface area (Å²) in [6, 6.07) is 17.8. The molecule has 0 aliphatic carbocycles. The van der Waals surface area contributed by atoms with E-state index in [2.05, 4.69) is 10.5 Å². The van der Waals surface area contributed by atoms with Crippen molar-refractivity contribution < 1.29 is 23.5 Å². The van der Waals surface area contributed by atoms with Crippen LogP contribution in [0, 0.1) is 0 Å². The average molecular weight is 406 g/mol. The van der Waals surface area contributed by atoms with Gasteiger partial charge in [-0.15, -0.1) is 0 Å². The summed E-state index contributed by atoms with van der Waals surface area (Å²) in [6.07, 6.45) is 1.62. The molecule has 7 heteroatoms. The molecule has 0 fully saturated rings. The topological polar surface area (TPSA) is 90.1 Å². The number of benzene rings is 2. The van der Waals surface area contributed by atoms with Crippen LogP contribution in [0.3, 0.4) is 0 Å². The van der Waals surface area contributed by atoms with Crippen molar-refractivity contribution in [1.29, 1.82) is 0 Å². The Labute approximate surface area is 174 Å². The van der Waals surface area contributed by atoms with Gasteiger partial charge in [0.25, 0.3) is 0 Å². The van der Waals surface area contributed by atoms with Crippen molar-refractivity contribution in [3.05, 3.63) is 77.6 Å². The van der Waals surface area contributed by atoms with E-state index in [1.54, 1.807) is 30.3 Å². The second kappa shape index (κ2) is 10.1. The number of hydrogen-bond acceptors (Lipinski definition) is 6. The number of amides is 1. The molecule has 1 aromatic heterocycles. The Morgan fingerprint density at radius 2 is 1.90 bits per heavy atom. The molecule has 0 unspecified atom stereocenters. The van der Waals surface area contributed by atoms with Crippen LogP contribution in [0.2, 0.25) is 0 Å². The predicted octanol–water partition coefficient (Wildman–Crippen LogP) is 3.82. The molecule has 0 saturated heterocycles. The number of hydrogen-bond donors (Lipinski definition) is 1. The fourth-order valence-corrected chi connectivity index (χ4v) is 2.76. The molecule has 0 spiro atoms. The minimum absolute atomic E-state index is 0.202. The van der Waals surface area contributed by atoms with Gasteiger partial charge in [0.1, 0.15) is 17.3 Å². The number of nitrogens with one attached hydrogen (secondary N) is 1. The van der Waals surface area contributed by atoms with Crippen molar-refractivity contribution in [3.63, 3.8) is 0 Å². The molecule has 0 aliphatic rings. The molecule has 0 radical (unpaired) electrons. The van der Waals surface area contributed by atoms with Gasteiger partial charge < -0.3 is 13.9 Å². The lowest BCUT2D eigenvalue weighted by Crippen LogP contribution is -2.19. The summed E-state index contributed by atoms with van der Waals surface area (Å²) < 4.78 is 15.8. The lowest BCUT2D eigenvalue weighted by Gasteiger charge is -2.04. The van der Waals surface area contributed by atoms with Crippen LogP contribution in [0.1, 0.15) is 28.6 Å². The normalized spacial score (nSPS) is 10.7. The van der Waals surface area contributed by atoms with Crippen LogP contribution in [0.15, 0.2) is 70.2 Å². The Morgan fingerprint density at radius 3 is 2.63 bits per heavy atom. The number of nitrogens with zero attached hydrogens (tertiary/aromatic N) is 1. The second-order valence-corrected chi connectivity index (χ2v) is 6.32. The number of ether oxygens (including phenoxy) is 2. The molecule has 0 saturated carbocycles. The molecule has 1 amide bonds. The maximum atomic E-state index is 12.0. The summed E-state index contributed by atoms with van der Waals surface area (Å²) >= 11 is 0. The van der Waals surface area contributed by atoms with Crippen molar-refractivity contribution in [2.24, 2.45) is 5.10 Å². The number of esters is 1.